The second kappa shape index (κ2) is 6.91. The summed E-state index contributed by atoms with van der Waals surface area (Å²) in [7, 11) is 1.26. The summed E-state index contributed by atoms with van der Waals surface area (Å²) in [6.45, 7) is 4.33. The van der Waals surface area contributed by atoms with Crippen molar-refractivity contribution in [1.82, 2.24) is 0 Å². The third-order valence-electron chi connectivity index (χ3n) is 1.28. The summed E-state index contributed by atoms with van der Waals surface area (Å²) in [5.41, 5.74) is 0. The Kier molecular flexibility index (Phi) is 6.47. The number of carbonyl (C=O) groups excluding carboxylic acids is 1. The van der Waals surface area contributed by atoms with Crippen molar-refractivity contribution >= 4 is 6.16 Å². The Labute approximate surface area is 72.8 Å². The van der Waals surface area contributed by atoms with Gasteiger partial charge in [0.05, 0.1) is 13.7 Å². The first kappa shape index (κ1) is 11.2. The van der Waals surface area contributed by atoms with Gasteiger partial charge in [0.25, 0.3) is 0 Å². The Morgan fingerprint density at radius 1 is 1.50 bits per heavy atom. The van der Waals surface area contributed by atoms with Crippen LogP contribution in [0.25, 0.3) is 0 Å². The van der Waals surface area contributed by atoms with E-state index in [9.17, 15) is 4.79 Å². The lowest BCUT2D eigenvalue weighted by molar-refractivity contribution is -0.108. The van der Waals surface area contributed by atoms with Gasteiger partial charge in [0.15, 0.2) is 0 Å². The van der Waals surface area contributed by atoms with Crippen molar-refractivity contribution < 1.29 is 19.0 Å². The standard InChI is InChI=1S/C8H16O4/c1-4-5-6-11-7(2)12-8(9)10-3/h7H,4-6H2,1-3H3. The highest BCUT2D eigenvalue weighted by atomic mass is 16.8. The highest BCUT2D eigenvalue weighted by Crippen LogP contribution is 1.98. The fraction of sp³-hybridized carbons (Fsp3) is 0.875. The van der Waals surface area contributed by atoms with E-state index in [2.05, 4.69) is 16.4 Å². The minimum absolute atomic E-state index is 0.524. The minimum atomic E-state index is -0.709. The molecule has 0 fully saturated rings. The lowest BCUT2D eigenvalue weighted by atomic mass is 10.4. The van der Waals surface area contributed by atoms with Crippen LogP contribution in [0.4, 0.5) is 4.79 Å². The summed E-state index contributed by atoms with van der Waals surface area (Å²) < 4.78 is 14.1. The first-order valence-corrected chi connectivity index (χ1v) is 4.07. The van der Waals surface area contributed by atoms with Crippen LogP contribution in [0, 0.1) is 0 Å². The quantitative estimate of drug-likeness (QED) is 0.365. The van der Waals surface area contributed by atoms with E-state index in [1.807, 2.05) is 0 Å². The Bertz CT molecular complexity index is 124. The largest absolute Gasteiger partial charge is 0.510 e. The van der Waals surface area contributed by atoms with Gasteiger partial charge in [-0.1, -0.05) is 13.3 Å². The van der Waals surface area contributed by atoms with E-state index in [0.29, 0.717) is 6.61 Å². The molecule has 0 aromatic carbocycles. The zero-order valence-corrected chi connectivity index (χ0v) is 7.83. The van der Waals surface area contributed by atoms with Gasteiger partial charge < -0.3 is 14.2 Å². The first-order valence-electron chi connectivity index (χ1n) is 4.07. The second-order valence-electron chi connectivity index (χ2n) is 2.36. The van der Waals surface area contributed by atoms with Gasteiger partial charge in [-0.3, -0.25) is 0 Å². The fourth-order valence-corrected chi connectivity index (χ4v) is 0.611. The van der Waals surface area contributed by atoms with Crippen LogP contribution in [0.2, 0.25) is 0 Å². The van der Waals surface area contributed by atoms with Gasteiger partial charge >= 0.3 is 6.16 Å². The molecule has 0 rings (SSSR count). The SMILES string of the molecule is CCCCOC(C)OC(=O)OC. The van der Waals surface area contributed by atoms with Crippen molar-refractivity contribution in [1.29, 1.82) is 0 Å². The smallest absolute Gasteiger partial charge is 0.438 e. The Morgan fingerprint density at radius 3 is 2.67 bits per heavy atom. The van der Waals surface area contributed by atoms with Crippen molar-refractivity contribution in [3.63, 3.8) is 0 Å². The number of unbranched alkanes of at least 4 members (excludes halogenated alkanes) is 1. The summed E-state index contributed by atoms with van der Waals surface area (Å²) in [6, 6.07) is 0. The molecule has 0 aromatic heterocycles. The van der Waals surface area contributed by atoms with Crippen LogP contribution in [0.3, 0.4) is 0 Å². The maximum atomic E-state index is 10.5. The molecule has 72 valence electrons. The topological polar surface area (TPSA) is 44.8 Å². The molecule has 0 aliphatic carbocycles. The molecule has 12 heavy (non-hydrogen) atoms. The Morgan fingerprint density at radius 2 is 2.17 bits per heavy atom. The normalized spacial score (nSPS) is 12.2. The number of ether oxygens (including phenoxy) is 3. The molecule has 0 aromatic rings. The number of hydrogen-bond acceptors (Lipinski definition) is 4. The van der Waals surface area contributed by atoms with Crippen LogP contribution in [-0.2, 0) is 14.2 Å². The van der Waals surface area contributed by atoms with Gasteiger partial charge in [0.2, 0.25) is 6.29 Å². The molecule has 1 unspecified atom stereocenters. The summed E-state index contributed by atoms with van der Waals surface area (Å²) in [5, 5.41) is 0. The van der Waals surface area contributed by atoms with Crippen molar-refractivity contribution in [2.24, 2.45) is 0 Å². The summed E-state index contributed by atoms with van der Waals surface area (Å²) in [4.78, 5) is 10.5. The van der Waals surface area contributed by atoms with E-state index in [-0.39, 0.29) is 0 Å². The van der Waals surface area contributed by atoms with E-state index in [0.717, 1.165) is 12.8 Å². The maximum absolute atomic E-state index is 10.5. The van der Waals surface area contributed by atoms with Gasteiger partial charge in [0.1, 0.15) is 0 Å². The molecule has 4 heteroatoms. The number of hydrogen-bond donors (Lipinski definition) is 0. The van der Waals surface area contributed by atoms with Crippen LogP contribution < -0.4 is 0 Å². The Hall–Kier alpha value is -0.770. The summed E-state index contributed by atoms with van der Waals surface area (Å²) in [6.07, 6.45) is 0.794. The molecule has 0 N–H and O–H groups in total. The van der Waals surface area contributed by atoms with E-state index >= 15 is 0 Å². The van der Waals surface area contributed by atoms with E-state index < -0.39 is 12.4 Å². The number of rotatable bonds is 5. The van der Waals surface area contributed by atoms with Gasteiger partial charge in [-0.2, -0.15) is 0 Å². The van der Waals surface area contributed by atoms with Gasteiger partial charge in [-0.05, 0) is 13.3 Å². The summed E-state index contributed by atoms with van der Waals surface area (Å²) >= 11 is 0. The number of carbonyl (C=O) groups is 1. The molecular formula is C8H16O4. The van der Waals surface area contributed by atoms with Crippen molar-refractivity contribution in [2.45, 2.75) is 33.0 Å². The molecule has 0 radical (unpaired) electrons. The lowest BCUT2D eigenvalue weighted by Crippen LogP contribution is -2.18. The van der Waals surface area contributed by atoms with Gasteiger partial charge in [-0.15, -0.1) is 0 Å². The zero-order chi connectivity index (χ0) is 9.40. The second-order valence-corrected chi connectivity index (χ2v) is 2.36. The minimum Gasteiger partial charge on any atom is -0.438 e. The molecule has 0 amide bonds. The third-order valence-corrected chi connectivity index (χ3v) is 1.28. The average molecular weight is 176 g/mol. The van der Waals surface area contributed by atoms with Crippen LogP contribution in [0.15, 0.2) is 0 Å². The molecule has 0 bridgehead atoms. The molecule has 0 spiro atoms. The van der Waals surface area contributed by atoms with Crippen LogP contribution in [0.5, 0.6) is 0 Å². The zero-order valence-electron chi connectivity index (χ0n) is 7.83. The molecule has 0 aliphatic rings. The van der Waals surface area contributed by atoms with E-state index in [1.54, 1.807) is 6.92 Å². The highest BCUT2D eigenvalue weighted by molar-refractivity contribution is 5.59. The predicted octanol–water partition coefficient (Wildman–Crippen LogP) is 1.93. The molecular weight excluding hydrogens is 160 g/mol. The molecule has 4 nitrogen and oxygen atoms in total. The van der Waals surface area contributed by atoms with Gasteiger partial charge in [0, 0.05) is 0 Å². The van der Waals surface area contributed by atoms with Crippen LogP contribution in [0.1, 0.15) is 26.7 Å². The van der Waals surface area contributed by atoms with Crippen LogP contribution in [-0.4, -0.2) is 26.2 Å². The Balaban J connectivity index is 3.32. The molecule has 0 saturated heterocycles. The van der Waals surface area contributed by atoms with Crippen LogP contribution >= 0.6 is 0 Å². The van der Waals surface area contributed by atoms with Crippen molar-refractivity contribution in [3.05, 3.63) is 0 Å². The molecule has 0 aliphatic heterocycles. The monoisotopic (exact) mass is 176 g/mol. The number of methoxy groups -OCH3 is 1. The molecule has 0 heterocycles. The highest BCUT2D eigenvalue weighted by Gasteiger charge is 2.07. The summed E-state index contributed by atoms with van der Waals surface area (Å²) in [5.74, 6) is 0. The van der Waals surface area contributed by atoms with E-state index in [4.69, 9.17) is 4.74 Å². The third kappa shape index (κ3) is 5.97. The first-order chi connectivity index (χ1) is 5.70. The van der Waals surface area contributed by atoms with Crippen molar-refractivity contribution in [3.8, 4) is 0 Å². The lowest BCUT2D eigenvalue weighted by Gasteiger charge is -2.12. The maximum Gasteiger partial charge on any atom is 0.510 e. The fourth-order valence-electron chi connectivity index (χ4n) is 0.611. The molecule has 1 atom stereocenters. The average Bonchev–Trinajstić information content (AvgIpc) is 2.05. The molecule has 0 saturated carbocycles. The van der Waals surface area contributed by atoms with E-state index in [1.165, 1.54) is 7.11 Å². The van der Waals surface area contributed by atoms with Gasteiger partial charge in [-0.25, -0.2) is 4.79 Å². The predicted molar refractivity (Wildman–Crippen MR) is 43.8 cm³/mol. The van der Waals surface area contributed by atoms with Crippen molar-refractivity contribution in [2.75, 3.05) is 13.7 Å².